The molecule has 0 unspecified atom stereocenters. The summed E-state index contributed by atoms with van der Waals surface area (Å²) in [6.07, 6.45) is 1.65. The van der Waals surface area contributed by atoms with Crippen molar-refractivity contribution in [3.05, 3.63) is 65.5 Å². The molecular formula is C22H28IN5O2. The minimum absolute atomic E-state index is 0. The van der Waals surface area contributed by atoms with E-state index in [1.54, 1.807) is 14.2 Å². The molecule has 1 aromatic heterocycles. The summed E-state index contributed by atoms with van der Waals surface area (Å²) < 4.78 is 10.5. The van der Waals surface area contributed by atoms with Crippen molar-refractivity contribution in [2.75, 3.05) is 20.7 Å². The van der Waals surface area contributed by atoms with Crippen LogP contribution in [0.5, 0.6) is 5.75 Å². The molecule has 2 N–H and O–H groups in total. The van der Waals surface area contributed by atoms with Crippen LogP contribution in [0.25, 0.3) is 11.5 Å². The van der Waals surface area contributed by atoms with E-state index in [0.29, 0.717) is 12.4 Å². The fraction of sp³-hybridized carbons (Fsp3) is 0.318. The Morgan fingerprint density at radius 3 is 2.33 bits per heavy atom. The highest BCUT2D eigenvalue weighted by Crippen LogP contribution is 2.18. The van der Waals surface area contributed by atoms with Gasteiger partial charge in [0.15, 0.2) is 11.8 Å². The number of nitrogens with zero attached hydrogens (tertiary/aromatic N) is 3. The lowest BCUT2D eigenvalue weighted by molar-refractivity contribution is 0.414. The van der Waals surface area contributed by atoms with Crippen molar-refractivity contribution in [3.8, 4) is 17.2 Å². The highest BCUT2D eigenvalue weighted by Gasteiger charge is 2.07. The van der Waals surface area contributed by atoms with Crippen LogP contribution in [0.3, 0.4) is 0 Å². The van der Waals surface area contributed by atoms with Crippen LogP contribution >= 0.6 is 24.0 Å². The summed E-state index contributed by atoms with van der Waals surface area (Å²) >= 11 is 0. The van der Waals surface area contributed by atoms with Gasteiger partial charge in [-0.05, 0) is 41.8 Å². The van der Waals surface area contributed by atoms with E-state index in [2.05, 4.69) is 37.9 Å². The second kappa shape index (κ2) is 12.2. The molecule has 160 valence electrons. The van der Waals surface area contributed by atoms with E-state index in [1.165, 1.54) is 5.56 Å². The normalized spacial score (nSPS) is 11.0. The van der Waals surface area contributed by atoms with Gasteiger partial charge in [-0.3, -0.25) is 4.99 Å². The number of guanidine groups is 1. The number of methoxy groups -OCH3 is 1. The van der Waals surface area contributed by atoms with Crippen molar-refractivity contribution in [3.63, 3.8) is 0 Å². The molecule has 0 aliphatic carbocycles. The van der Waals surface area contributed by atoms with Gasteiger partial charge in [0.1, 0.15) is 5.75 Å². The minimum atomic E-state index is 0. The lowest BCUT2D eigenvalue weighted by Gasteiger charge is -2.12. The van der Waals surface area contributed by atoms with Crippen LogP contribution in [0.2, 0.25) is 0 Å². The molecule has 0 saturated carbocycles. The monoisotopic (exact) mass is 521 g/mol. The molecule has 0 fully saturated rings. The molecule has 7 nitrogen and oxygen atoms in total. The first-order valence-corrected chi connectivity index (χ1v) is 9.71. The number of nitrogens with one attached hydrogen (secondary N) is 2. The molecule has 0 aliphatic rings. The summed E-state index contributed by atoms with van der Waals surface area (Å²) in [5.74, 6) is 2.92. The van der Waals surface area contributed by atoms with E-state index in [4.69, 9.17) is 9.26 Å². The van der Waals surface area contributed by atoms with Gasteiger partial charge >= 0.3 is 0 Å². The van der Waals surface area contributed by atoms with E-state index in [-0.39, 0.29) is 24.0 Å². The first kappa shape index (κ1) is 23.7. The fourth-order valence-corrected chi connectivity index (χ4v) is 2.80. The molecule has 0 atom stereocenters. The summed E-state index contributed by atoms with van der Waals surface area (Å²) in [7, 11) is 3.44. The standard InChI is InChI=1S/C22H27N5O2.HI/c1-4-20-26-21(29-27-20)18-9-5-16(6-10-18)13-14-24-22(23-2)25-15-17-7-11-19(28-3)12-8-17;/h5-12H,4,13-15H2,1-3H3,(H2,23,24,25);1H. The van der Waals surface area contributed by atoms with Gasteiger partial charge in [0, 0.05) is 32.1 Å². The number of aromatic nitrogens is 2. The number of hydrogen-bond acceptors (Lipinski definition) is 5. The number of aliphatic imine (C=N–C) groups is 1. The Labute approximate surface area is 194 Å². The quantitative estimate of drug-likeness (QED) is 0.266. The van der Waals surface area contributed by atoms with Gasteiger partial charge in [0.2, 0.25) is 0 Å². The average molecular weight is 521 g/mol. The molecule has 30 heavy (non-hydrogen) atoms. The van der Waals surface area contributed by atoms with Crippen molar-refractivity contribution in [1.82, 2.24) is 20.8 Å². The SMILES string of the molecule is CCc1noc(-c2ccc(CCNC(=NC)NCc3ccc(OC)cc3)cc2)n1.I. The van der Waals surface area contributed by atoms with Gasteiger partial charge in [0.25, 0.3) is 5.89 Å². The molecule has 0 amide bonds. The summed E-state index contributed by atoms with van der Waals surface area (Å²) in [5.41, 5.74) is 3.32. The lowest BCUT2D eigenvalue weighted by Crippen LogP contribution is -2.37. The topological polar surface area (TPSA) is 84.6 Å². The maximum absolute atomic E-state index is 5.28. The van der Waals surface area contributed by atoms with Gasteiger partial charge in [-0.25, -0.2) is 0 Å². The number of hydrogen-bond donors (Lipinski definition) is 2. The van der Waals surface area contributed by atoms with E-state index in [0.717, 1.165) is 48.0 Å². The number of halogens is 1. The highest BCUT2D eigenvalue weighted by atomic mass is 127. The van der Waals surface area contributed by atoms with Crippen molar-refractivity contribution < 1.29 is 9.26 Å². The predicted molar refractivity (Wildman–Crippen MR) is 129 cm³/mol. The molecule has 8 heteroatoms. The number of ether oxygens (including phenoxy) is 1. The third-order valence-corrected chi connectivity index (χ3v) is 4.53. The number of rotatable bonds is 8. The Morgan fingerprint density at radius 2 is 1.73 bits per heavy atom. The summed E-state index contributed by atoms with van der Waals surface area (Å²) in [5, 5.41) is 10.6. The van der Waals surface area contributed by atoms with Gasteiger partial charge in [0.05, 0.1) is 7.11 Å². The maximum atomic E-state index is 5.28. The van der Waals surface area contributed by atoms with Gasteiger partial charge in [-0.2, -0.15) is 4.98 Å². The van der Waals surface area contributed by atoms with Crippen LogP contribution in [0, 0.1) is 0 Å². The van der Waals surface area contributed by atoms with Crippen LogP contribution in [-0.4, -0.2) is 36.8 Å². The van der Waals surface area contributed by atoms with Crippen LogP contribution < -0.4 is 15.4 Å². The maximum Gasteiger partial charge on any atom is 0.257 e. The Bertz CT molecular complexity index is 923. The van der Waals surface area contributed by atoms with Crippen LogP contribution in [0.15, 0.2) is 58.0 Å². The Kier molecular flexibility index (Phi) is 9.59. The van der Waals surface area contributed by atoms with Crippen LogP contribution in [-0.2, 0) is 19.4 Å². The summed E-state index contributed by atoms with van der Waals surface area (Å²) in [4.78, 5) is 8.63. The predicted octanol–water partition coefficient (Wildman–Crippen LogP) is 3.83. The Morgan fingerprint density at radius 1 is 1.03 bits per heavy atom. The van der Waals surface area contributed by atoms with E-state index < -0.39 is 0 Å². The molecule has 2 aromatic carbocycles. The fourth-order valence-electron chi connectivity index (χ4n) is 2.80. The highest BCUT2D eigenvalue weighted by molar-refractivity contribution is 14.0. The van der Waals surface area contributed by atoms with E-state index >= 15 is 0 Å². The third-order valence-electron chi connectivity index (χ3n) is 4.53. The molecule has 0 bridgehead atoms. The van der Waals surface area contributed by atoms with E-state index in [1.807, 2.05) is 43.3 Å². The second-order valence-corrected chi connectivity index (χ2v) is 6.52. The van der Waals surface area contributed by atoms with Gasteiger partial charge in [-0.1, -0.05) is 36.3 Å². The molecular weight excluding hydrogens is 493 g/mol. The Balaban J connectivity index is 0.00000320. The van der Waals surface area contributed by atoms with Crippen molar-refractivity contribution in [1.29, 1.82) is 0 Å². The Hall–Kier alpha value is -2.62. The molecule has 0 aliphatic heterocycles. The smallest absolute Gasteiger partial charge is 0.257 e. The summed E-state index contributed by atoms with van der Waals surface area (Å²) in [6.45, 7) is 3.48. The van der Waals surface area contributed by atoms with Gasteiger partial charge in [-0.15, -0.1) is 24.0 Å². The first-order chi connectivity index (χ1) is 14.2. The van der Waals surface area contributed by atoms with Crippen molar-refractivity contribution in [2.45, 2.75) is 26.3 Å². The van der Waals surface area contributed by atoms with Crippen molar-refractivity contribution in [2.24, 2.45) is 4.99 Å². The van der Waals surface area contributed by atoms with Crippen molar-refractivity contribution >= 4 is 29.9 Å². The number of aryl methyl sites for hydroxylation is 1. The molecule has 0 radical (unpaired) electrons. The van der Waals surface area contributed by atoms with Gasteiger partial charge < -0.3 is 19.9 Å². The average Bonchev–Trinajstić information content (AvgIpc) is 3.26. The lowest BCUT2D eigenvalue weighted by atomic mass is 10.1. The first-order valence-electron chi connectivity index (χ1n) is 9.71. The number of benzene rings is 2. The third kappa shape index (κ3) is 6.72. The molecule has 3 rings (SSSR count). The zero-order valence-electron chi connectivity index (χ0n) is 17.5. The minimum Gasteiger partial charge on any atom is -0.497 e. The summed E-state index contributed by atoms with van der Waals surface area (Å²) in [6, 6.07) is 16.2. The molecule has 0 spiro atoms. The second-order valence-electron chi connectivity index (χ2n) is 6.52. The zero-order chi connectivity index (χ0) is 20.5. The van der Waals surface area contributed by atoms with E-state index in [9.17, 15) is 0 Å². The van der Waals surface area contributed by atoms with Crippen LogP contribution in [0.1, 0.15) is 23.9 Å². The molecule has 1 heterocycles. The largest absolute Gasteiger partial charge is 0.497 e. The zero-order valence-corrected chi connectivity index (χ0v) is 19.8. The van der Waals surface area contributed by atoms with Crippen LogP contribution in [0.4, 0.5) is 0 Å². The molecule has 3 aromatic rings. The molecule has 0 saturated heterocycles.